The molecule has 1 rings (SSSR count). The van der Waals surface area contributed by atoms with Crippen molar-refractivity contribution in [2.45, 2.75) is 33.7 Å². The van der Waals surface area contributed by atoms with Gasteiger partial charge < -0.3 is 10.1 Å². The molecule has 1 aromatic heterocycles. The van der Waals surface area contributed by atoms with Gasteiger partial charge in [-0.25, -0.2) is 0 Å². The Morgan fingerprint density at radius 2 is 2.30 bits per heavy atom. The van der Waals surface area contributed by atoms with Crippen molar-refractivity contribution in [3.8, 4) is 0 Å². The van der Waals surface area contributed by atoms with Crippen LogP contribution in [0.4, 0.5) is 0 Å². The summed E-state index contributed by atoms with van der Waals surface area (Å²) in [6, 6.07) is 0. The van der Waals surface area contributed by atoms with E-state index in [1.807, 2.05) is 10.9 Å². The average molecular weight is 344 g/mol. The van der Waals surface area contributed by atoms with Gasteiger partial charge in [0.05, 0.1) is 29.5 Å². The van der Waals surface area contributed by atoms with Crippen LogP contribution in [0, 0.1) is 5.92 Å². The van der Waals surface area contributed by atoms with Gasteiger partial charge >= 0.3 is 0 Å². The summed E-state index contributed by atoms with van der Waals surface area (Å²) in [6.45, 7) is 10.1. The second-order valence-corrected chi connectivity index (χ2v) is 6.19. The van der Waals surface area contributed by atoms with E-state index >= 15 is 0 Å². The zero-order chi connectivity index (χ0) is 15.0. The van der Waals surface area contributed by atoms with Gasteiger partial charge in [0, 0.05) is 7.11 Å². The molecule has 20 heavy (non-hydrogen) atoms. The predicted octanol–water partition coefficient (Wildman–Crippen LogP) is 3.33. The molecule has 0 aromatic carbocycles. The zero-order valence-electron chi connectivity index (χ0n) is 12.9. The molecule has 0 aliphatic rings. The van der Waals surface area contributed by atoms with Crippen LogP contribution < -0.4 is 5.32 Å². The van der Waals surface area contributed by atoms with Crippen LogP contribution in [0.25, 0.3) is 5.57 Å². The first kappa shape index (κ1) is 17.4. The summed E-state index contributed by atoms with van der Waals surface area (Å²) >= 11 is 3.57. The molecule has 0 spiro atoms. The molecule has 0 amide bonds. The maximum atomic E-state index is 5.12. The van der Waals surface area contributed by atoms with Crippen molar-refractivity contribution in [1.82, 2.24) is 15.1 Å². The van der Waals surface area contributed by atoms with Crippen molar-refractivity contribution < 1.29 is 4.74 Å². The van der Waals surface area contributed by atoms with Gasteiger partial charge in [0.15, 0.2) is 0 Å². The van der Waals surface area contributed by atoms with Crippen molar-refractivity contribution in [1.29, 1.82) is 0 Å². The van der Waals surface area contributed by atoms with Gasteiger partial charge in [0.2, 0.25) is 0 Å². The Kier molecular flexibility index (Phi) is 8.11. The highest BCUT2D eigenvalue weighted by atomic mass is 79.9. The number of hydrogen-bond acceptors (Lipinski definition) is 3. The largest absolute Gasteiger partial charge is 0.383 e. The topological polar surface area (TPSA) is 39.1 Å². The van der Waals surface area contributed by atoms with Crippen molar-refractivity contribution in [2.75, 3.05) is 26.8 Å². The molecule has 1 aromatic rings. The summed E-state index contributed by atoms with van der Waals surface area (Å²) in [5.74, 6) is 0.699. The molecule has 0 radical (unpaired) electrons. The van der Waals surface area contributed by atoms with E-state index in [9.17, 15) is 0 Å². The van der Waals surface area contributed by atoms with E-state index in [0.717, 1.165) is 36.2 Å². The number of nitrogens with zero attached hydrogens (tertiary/aromatic N) is 2. The molecule has 0 saturated carbocycles. The van der Waals surface area contributed by atoms with E-state index in [-0.39, 0.29) is 0 Å². The minimum absolute atomic E-state index is 0.671. The van der Waals surface area contributed by atoms with Crippen LogP contribution in [-0.4, -0.2) is 36.6 Å². The van der Waals surface area contributed by atoms with Crippen LogP contribution in [0.3, 0.4) is 0 Å². The third kappa shape index (κ3) is 5.77. The summed E-state index contributed by atoms with van der Waals surface area (Å²) in [4.78, 5) is 0. The minimum Gasteiger partial charge on any atom is -0.383 e. The van der Waals surface area contributed by atoms with Gasteiger partial charge in [0.1, 0.15) is 0 Å². The third-order valence-corrected chi connectivity index (χ3v) is 3.58. The van der Waals surface area contributed by atoms with Gasteiger partial charge in [-0.2, -0.15) is 5.10 Å². The molecule has 0 aliphatic heterocycles. The maximum Gasteiger partial charge on any atom is 0.0779 e. The smallest absolute Gasteiger partial charge is 0.0779 e. The first-order valence-corrected chi connectivity index (χ1v) is 7.93. The van der Waals surface area contributed by atoms with Crippen molar-refractivity contribution in [2.24, 2.45) is 5.92 Å². The number of rotatable bonds is 9. The summed E-state index contributed by atoms with van der Waals surface area (Å²) in [6.07, 6.45) is 5.14. The van der Waals surface area contributed by atoms with E-state index in [1.54, 1.807) is 7.11 Å². The summed E-state index contributed by atoms with van der Waals surface area (Å²) in [7, 11) is 1.71. The van der Waals surface area contributed by atoms with Crippen molar-refractivity contribution in [3.63, 3.8) is 0 Å². The number of halogens is 1. The lowest BCUT2D eigenvalue weighted by molar-refractivity contribution is 0.183. The van der Waals surface area contributed by atoms with Gasteiger partial charge in [-0.05, 0) is 53.9 Å². The lowest BCUT2D eigenvalue weighted by Gasteiger charge is -2.09. The lowest BCUT2D eigenvalue weighted by atomic mass is 10.1. The molecule has 0 saturated heterocycles. The first-order chi connectivity index (χ1) is 9.56. The van der Waals surface area contributed by atoms with Crippen LogP contribution in [0.2, 0.25) is 0 Å². The Balaban J connectivity index is 2.56. The van der Waals surface area contributed by atoms with Crippen LogP contribution in [-0.2, 0) is 11.3 Å². The van der Waals surface area contributed by atoms with Crippen molar-refractivity contribution in [3.05, 3.63) is 22.4 Å². The van der Waals surface area contributed by atoms with E-state index in [0.29, 0.717) is 12.5 Å². The lowest BCUT2D eigenvalue weighted by Crippen LogP contribution is -2.20. The molecule has 0 bridgehead atoms. The highest BCUT2D eigenvalue weighted by molar-refractivity contribution is 9.10. The van der Waals surface area contributed by atoms with E-state index in [1.165, 1.54) is 5.57 Å². The molecular formula is C15H26BrN3O. The number of allylic oxidation sites excluding steroid dienone is 1. The number of nitrogens with one attached hydrogen (secondary N) is 1. The highest BCUT2D eigenvalue weighted by Crippen LogP contribution is 2.24. The Morgan fingerprint density at radius 1 is 1.55 bits per heavy atom. The number of hydrogen-bond donors (Lipinski definition) is 1. The normalized spacial score (nSPS) is 12.4. The van der Waals surface area contributed by atoms with E-state index < -0.39 is 0 Å². The number of methoxy groups -OCH3 is 1. The summed E-state index contributed by atoms with van der Waals surface area (Å²) in [5, 5.41) is 7.83. The zero-order valence-corrected chi connectivity index (χ0v) is 14.5. The SMILES string of the molecule is COCCn1ncc(Br)c1C(C)=CCCNCC(C)C. The molecule has 1 heterocycles. The van der Waals surface area contributed by atoms with Crippen LogP contribution in [0.1, 0.15) is 32.9 Å². The molecule has 1 N–H and O–H groups in total. The first-order valence-electron chi connectivity index (χ1n) is 7.14. The minimum atomic E-state index is 0.671. The fourth-order valence-electron chi connectivity index (χ4n) is 1.98. The molecule has 0 aliphatic carbocycles. The number of ether oxygens (including phenoxy) is 1. The highest BCUT2D eigenvalue weighted by Gasteiger charge is 2.10. The monoisotopic (exact) mass is 343 g/mol. The van der Waals surface area contributed by atoms with E-state index in [4.69, 9.17) is 4.74 Å². The van der Waals surface area contributed by atoms with Crippen LogP contribution >= 0.6 is 15.9 Å². The second kappa shape index (κ2) is 9.32. The summed E-state index contributed by atoms with van der Waals surface area (Å²) in [5.41, 5.74) is 2.39. The summed E-state index contributed by atoms with van der Waals surface area (Å²) < 4.78 is 8.15. The van der Waals surface area contributed by atoms with Gasteiger partial charge in [-0.1, -0.05) is 19.9 Å². The fraction of sp³-hybridized carbons (Fsp3) is 0.667. The predicted molar refractivity (Wildman–Crippen MR) is 87.8 cm³/mol. The van der Waals surface area contributed by atoms with E-state index in [2.05, 4.69) is 53.2 Å². The molecule has 4 nitrogen and oxygen atoms in total. The Morgan fingerprint density at radius 3 is 2.95 bits per heavy atom. The molecule has 0 fully saturated rings. The second-order valence-electron chi connectivity index (χ2n) is 5.33. The molecular weight excluding hydrogens is 318 g/mol. The Hall–Kier alpha value is -0.650. The standard InChI is InChI=1S/C15H26BrN3O/c1-12(2)10-17-7-5-6-13(3)15-14(16)11-18-19(15)8-9-20-4/h6,11-12,17H,5,7-10H2,1-4H3. The van der Waals surface area contributed by atoms with Crippen molar-refractivity contribution >= 4 is 21.5 Å². The molecule has 0 unspecified atom stereocenters. The molecule has 0 atom stereocenters. The molecule has 5 heteroatoms. The van der Waals surface area contributed by atoms with Gasteiger partial charge in [0.25, 0.3) is 0 Å². The third-order valence-electron chi connectivity index (χ3n) is 3.00. The average Bonchev–Trinajstić information content (AvgIpc) is 2.76. The Labute approximate surface area is 130 Å². The fourth-order valence-corrected chi connectivity index (χ4v) is 2.59. The quantitative estimate of drug-likeness (QED) is 0.699. The van der Waals surface area contributed by atoms with Crippen LogP contribution in [0.5, 0.6) is 0 Å². The van der Waals surface area contributed by atoms with Gasteiger partial charge in [-0.15, -0.1) is 0 Å². The van der Waals surface area contributed by atoms with Gasteiger partial charge in [-0.3, -0.25) is 4.68 Å². The molecule has 114 valence electrons. The Bertz CT molecular complexity index is 427. The van der Waals surface area contributed by atoms with Crippen LogP contribution in [0.15, 0.2) is 16.7 Å². The maximum absolute atomic E-state index is 5.12. The number of aromatic nitrogens is 2.